The Morgan fingerprint density at radius 2 is 1.05 bits per heavy atom. The number of carbonyl (C=O) groups is 2. The molecule has 10 heteroatoms. The molecular formula is C9H8F6O4-2. The molecule has 4 nitrogen and oxygen atoms in total. The Morgan fingerprint density at radius 3 is 1.21 bits per heavy atom. The average molecular weight is 294 g/mol. The van der Waals surface area contributed by atoms with Crippen molar-refractivity contribution in [1.82, 2.24) is 0 Å². The van der Waals surface area contributed by atoms with Crippen LogP contribution in [0.3, 0.4) is 0 Å². The molecule has 19 heavy (non-hydrogen) atoms. The molecular weight excluding hydrogens is 286 g/mol. The van der Waals surface area contributed by atoms with Crippen LogP contribution in [0.1, 0.15) is 19.3 Å². The fourth-order valence-corrected chi connectivity index (χ4v) is 1.36. The highest BCUT2D eigenvalue weighted by Crippen LogP contribution is 2.33. The molecule has 0 aliphatic rings. The first-order valence-electron chi connectivity index (χ1n) is 4.92. The van der Waals surface area contributed by atoms with Crippen LogP contribution in [-0.4, -0.2) is 24.3 Å². The highest BCUT2D eigenvalue weighted by Gasteiger charge is 2.42. The Labute approximate surface area is 103 Å². The molecule has 0 spiro atoms. The fraction of sp³-hybridized carbons (Fsp3) is 0.778. The minimum Gasteiger partial charge on any atom is -0.550 e. The van der Waals surface area contributed by atoms with Gasteiger partial charge in [0.1, 0.15) is 0 Å². The quantitative estimate of drug-likeness (QED) is 0.646. The lowest BCUT2D eigenvalue weighted by atomic mass is 9.96. The van der Waals surface area contributed by atoms with E-state index in [1.807, 2.05) is 0 Å². The molecule has 0 bridgehead atoms. The van der Waals surface area contributed by atoms with Crippen molar-refractivity contribution in [1.29, 1.82) is 0 Å². The first-order chi connectivity index (χ1) is 8.37. The van der Waals surface area contributed by atoms with Gasteiger partial charge in [-0.3, -0.25) is 0 Å². The third kappa shape index (κ3) is 5.79. The van der Waals surface area contributed by atoms with Crippen LogP contribution in [0.2, 0.25) is 0 Å². The average Bonchev–Trinajstić information content (AvgIpc) is 2.11. The van der Waals surface area contributed by atoms with Gasteiger partial charge in [-0.1, -0.05) is 6.42 Å². The van der Waals surface area contributed by atoms with E-state index >= 15 is 0 Å². The highest BCUT2D eigenvalue weighted by molar-refractivity contribution is 5.69. The van der Waals surface area contributed by atoms with Gasteiger partial charge in [0.2, 0.25) is 0 Å². The number of carbonyl (C=O) groups excluding carboxylic acids is 2. The zero-order valence-electron chi connectivity index (χ0n) is 9.18. The summed E-state index contributed by atoms with van der Waals surface area (Å²) >= 11 is 0. The van der Waals surface area contributed by atoms with E-state index in [1.165, 1.54) is 0 Å². The number of aliphatic carboxylic acids is 2. The molecule has 112 valence electrons. The number of hydrogen-bond acceptors (Lipinski definition) is 4. The molecule has 0 saturated carbocycles. The summed E-state index contributed by atoms with van der Waals surface area (Å²) in [5.41, 5.74) is 0. The minimum atomic E-state index is -5.16. The summed E-state index contributed by atoms with van der Waals surface area (Å²) < 4.78 is 72.7. The molecule has 2 unspecified atom stereocenters. The summed E-state index contributed by atoms with van der Waals surface area (Å²) in [6, 6.07) is 0. The van der Waals surface area contributed by atoms with Crippen LogP contribution in [0.4, 0.5) is 26.3 Å². The van der Waals surface area contributed by atoms with Crippen LogP contribution in [-0.2, 0) is 9.59 Å². The molecule has 0 aromatic heterocycles. The van der Waals surface area contributed by atoms with Crippen LogP contribution in [0.25, 0.3) is 0 Å². The van der Waals surface area contributed by atoms with E-state index in [-0.39, 0.29) is 0 Å². The predicted octanol–water partition coefficient (Wildman–Crippen LogP) is 0.0135. The molecule has 0 aromatic carbocycles. The highest BCUT2D eigenvalue weighted by atomic mass is 19.4. The van der Waals surface area contributed by atoms with E-state index in [0.29, 0.717) is 0 Å². The second kappa shape index (κ2) is 6.11. The second-order valence-corrected chi connectivity index (χ2v) is 3.76. The Bertz CT molecular complexity index is 303. The van der Waals surface area contributed by atoms with E-state index in [0.717, 1.165) is 0 Å². The monoisotopic (exact) mass is 294 g/mol. The number of rotatable bonds is 6. The Morgan fingerprint density at radius 1 is 0.789 bits per heavy atom. The van der Waals surface area contributed by atoms with Gasteiger partial charge in [0.05, 0.1) is 23.8 Å². The summed E-state index contributed by atoms with van der Waals surface area (Å²) in [5, 5.41) is 20.3. The molecule has 0 N–H and O–H groups in total. The molecule has 0 heterocycles. The third-order valence-corrected chi connectivity index (χ3v) is 2.34. The Hall–Kier alpha value is -1.48. The van der Waals surface area contributed by atoms with Gasteiger partial charge >= 0.3 is 12.4 Å². The van der Waals surface area contributed by atoms with Crippen molar-refractivity contribution in [2.45, 2.75) is 31.6 Å². The fourth-order valence-electron chi connectivity index (χ4n) is 1.36. The van der Waals surface area contributed by atoms with E-state index in [9.17, 15) is 46.1 Å². The van der Waals surface area contributed by atoms with Crippen molar-refractivity contribution < 1.29 is 46.1 Å². The molecule has 0 fully saturated rings. The van der Waals surface area contributed by atoms with Crippen LogP contribution < -0.4 is 10.2 Å². The lowest BCUT2D eigenvalue weighted by Gasteiger charge is -2.24. The summed E-state index contributed by atoms with van der Waals surface area (Å²) in [6.07, 6.45) is -13.6. The van der Waals surface area contributed by atoms with Gasteiger partial charge in [0, 0.05) is 0 Å². The SMILES string of the molecule is O=C([O-])C(CCCC(C(=O)[O-])C(F)(F)F)C(F)(F)F. The van der Waals surface area contributed by atoms with Crippen molar-refractivity contribution >= 4 is 11.9 Å². The van der Waals surface area contributed by atoms with Crippen LogP contribution >= 0.6 is 0 Å². The maximum Gasteiger partial charge on any atom is 0.396 e. The van der Waals surface area contributed by atoms with E-state index in [1.54, 1.807) is 0 Å². The molecule has 0 amide bonds. The van der Waals surface area contributed by atoms with Crippen molar-refractivity contribution in [2.75, 3.05) is 0 Å². The zero-order chi connectivity index (χ0) is 15.4. The van der Waals surface area contributed by atoms with Crippen molar-refractivity contribution in [3.8, 4) is 0 Å². The molecule has 0 saturated heterocycles. The lowest BCUT2D eigenvalue weighted by molar-refractivity contribution is -0.326. The van der Waals surface area contributed by atoms with Crippen molar-refractivity contribution in [3.63, 3.8) is 0 Å². The van der Waals surface area contributed by atoms with Gasteiger partial charge in [-0.15, -0.1) is 0 Å². The van der Waals surface area contributed by atoms with E-state index in [2.05, 4.69) is 0 Å². The first kappa shape index (κ1) is 17.5. The normalized spacial score (nSPS) is 15.9. The largest absolute Gasteiger partial charge is 0.550 e. The summed E-state index contributed by atoms with van der Waals surface area (Å²) in [4.78, 5) is 20.3. The van der Waals surface area contributed by atoms with Gasteiger partial charge in [-0.2, -0.15) is 26.3 Å². The smallest absolute Gasteiger partial charge is 0.396 e. The molecule has 0 aliphatic carbocycles. The van der Waals surface area contributed by atoms with Gasteiger partial charge in [0.15, 0.2) is 0 Å². The number of alkyl halides is 6. The lowest BCUT2D eigenvalue weighted by Crippen LogP contribution is -2.42. The second-order valence-electron chi connectivity index (χ2n) is 3.76. The van der Waals surface area contributed by atoms with Crippen molar-refractivity contribution in [3.05, 3.63) is 0 Å². The van der Waals surface area contributed by atoms with Gasteiger partial charge in [0.25, 0.3) is 0 Å². The third-order valence-electron chi connectivity index (χ3n) is 2.34. The summed E-state index contributed by atoms with van der Waals surface area (Å²) in [6.45, 7) is 0. The molecule has 0 rings (SSSR count). The summed E-state index contributed by atoms with van der Waals surface area (Å²) in [5.74, 6) is -10.8. The Kier molecular flexibility index (Phi) is 5.63. The maximum absolute atomic E-state index is 12.1. The van der Waals surface area contributed by atoms with Crippen LogP contribution in [0.5, 0.6) is 0 Å². The first-order valence-corrected chi connectivity index (χ1v) is 4.92. The topological polar surface area (TPSA) is 80.3 Å². The maximum atomic E-state index is 12.1. The predicted molar refractivity (Wildman–Crippen MR) is 43.0 cm³/mol. The zero-order valence-corrected chi connectivity index (χ0v) is 9.18. The number of halogens is 6. The number of hydrogen-bond donors (Lipinski definition) is 0. The Balaban J connectivity index is 4.56. The van der Waals surface area contributed by atoms with E-state index < -0.39 is 55.4 Å². The molecule has 0 aromatic rings. The van der Waals surface area contributed by atoms with Gasteiger partial charge in [-0.05, 0) is 12.8 Å². The van der Waals surface area contributed by atoms with Crippen molar-refractivity contribution in [2.24, 2.45) is 11.8 Å². The standard InChI is InChI=1S/C9H10F6O4/c10-8(11,12)4(6(16)17)2-1-3-5(7(18)19)9(13,14)15/h4-5H,1-3H2,(H,16,17)(H,18,19)/p-2. The summed E-state index contributed by atoms with van der Waals surface area (Å²) in [7, 11) is 0. The van der Waals surface area contributed by atoms with Crippen LogP contribution in [0, 0.1) is 11.8 Å². The number of carboxylic acid groups (broad SMARTS) is 2. The van der Waals surface area contributed by atoms with Gasteiger partial charge in [-0.25, -0.2) is 0 Å². The number of carboxylic acids is 2. The van der Waals surface area contributed by atoms with Crippen LogP contribution in [0.15, 0.2) is 0 Å². The molecule has 0 radical (unpaired) electrons. The minimum absolute atomic E-state index is 0.893. The molecule has 0 aliphatic heterocycles. The van der Waals surface area contributed by atoms with Gasteiger partial charge < -0.3 is 19.8 Å². The molecule has 2 atom stereocenters. The van der Waals surface area contributed by atoms with E-state index in [4.69, 9.17) is 0 Å².